The first kappa shape index (κ1) is 15.4. The van der Waals surface area contributed by atoms with Gasteiger partial charge in [-0.2, -0.15) is 0 Å². The Labute approximate surface area is 110 Å². The summed E-state index contributed by atoms with van der Waals surface area (Å²) >= 11 is 0. The lowest BCUT2D eigenvalue weighted by molar-refractivity contribution is -0.122. The lowest BCUT2D eigenvalue weighted by atomic mass is 9.72. The van der Waals surface area contributed by atoms with Crippen LogP contribution in [-0.4, -0.2) is 23.8 Å². The van der Waals surface area contributed by atoms with Gasteiger partial charge in [0.25, 0.3) is 0 Å². The highest BCUT2D eigenvalue weighted by Crippen LogP contribution is 2.37. The van der Waals surface area contributed by atoms with E-state index in [1.807, 2.05) is 0 Å². The average molecular weight is 254 g/mol. The van der Waals surface area contributed by atoms with Crippen LogP contribution in [0.25, 0.3) is 0 Å². The summed E-state index contributed by atoms with van der Waals surface area (Å²) in [5, 5.41) is 9.14. The van der Waals surface area contributed by atoms with E-state index < -0.39 is 0 Å². The Balaban J connectivity index is 2.39. The number of hydrogen-bond acceptors (Lipinski definition) is 3. The lowest BCUT2D eigenvalue weighted by Gasteiger charge is -2.33. The highest BCUT2D eigenvalue weighted by atomic mass is 16.3. The molecule has 1 aliphatic carbocycles. The maximum absolute atomic E-state index is 11.3. The third-order valence-electron chi connectivity index (χ3n) is 4.41. The number of rotatable bonds is 8. The van der Waals surface area contributed by atoms with Crippen molar-refractivity contribution in [3.8, 4) is 0 Å². The molecular formula is C15H26O3. The van der Waals surface area contributed by atoms with Crippen LogP contribution in [0, 0.1) is 17.8 Å². The zero-order chi connectivity index (χ0) is 13.4. The van der Waals surface area contributed by atoms with Gasteiger partial charge in [0, 0.05) is 18.9 Å². The molecule has 1 unspecified atom stereocenters. The number of Topliss-reactive ketones (excluding diaryl/α,β-unsaturated/α-hetero) is 1. The quantitative estimate of drug-likeness (QED) is 0.535. The van der Waals surface area contributed by atoms with Crippen LogP contribution in [-0.2, 0) is 9.59 Å². The van der Waals surface area contributed by atoms with Crippen molar-refractivity contribution in [3.63, 3.8) is 0 Å². The Kier molecular flexibility index (Phi) is 7.18. The number of carbonyl (C=O) groups is 2. The number of aldehydes is 1. The van der Waals surface area contributed by atoms with Crippen molar-refractivity contribution in [2.24, 2.45) is 17.8 Å². The Bertz CT molecular complexity index is 254. The monoisotopic (exact) mass is 254 g/mol. The second kappa shape index (κ2) is 8.41. The molecule has 1 aliphatic rings. The molecule has 0 bridgehead atoms. The predicted octanol–water partition coefficient (Wildman–Crippen LogP) is 2.75. The Hall–Kier alpha value is -0.700. The van der Waals surface area contributed by atoms with Crippen molar-refractivity contribution < 1.29 is 14.7 Å². The van der Waals surface area contributed by atoms with Crippen LogP contribution in [0.5, 0.6) is 0 Å². The molecule has 0 aliphatic heterocycles. The fourth-order valence-electron chi connectivity index (χ4n) is 3.24. The zero-order valence-electron chi connectivity index (χ0n) is 11.4. The second-order valence-electron chi connectivity index (χ2n) is 5.59. The van der Waals surface area contributed by atoms with Gasteiger partial charge in [-0.1, -0.05) is 0 Å². The van der Waals surface area contributed by atoms with Gasteiger partial charge in [-0.15, -0.1) is 0 Å². The van der Waals surface area contributed by atoms with E-state index >= 15 is 0 Å². The summed E-state index contributed by atoms with van der Waals surface area (Å²) in [5.74, 6) is 1.77. The first-order valence-electron chi connectivity index (χ1n) is 7.24. The van der Waals surface area contributed by atoms with Gasteiger partial charge in [0.05, 0.1) is 0 Å². The first-order valence-corrected chi connectivity index (χ1v) is 7.24. The minimum Gasteiger partial charge on any atom is -0.396 e. The fraction of sp³-hybridized carbons (Fsp3) is 0.867. The van der Waals surface area contributed by atoms with Gasteiger partial charge in [0.2, 0.25) is 0 Å². The van der Waals surface area contributed by atoms with Crippen molar-refractivity contribution in [1.29, 1.82) is 0 Å². The standard InChI is InChI=1S/C15H26O3/c1-12(18)13-5-7-15(8-6-13)14(9-11-17)4-2-3-10-16/h10,13-15,17H,2-9,11H2,1H3. The largest absolute Gasteiger partial charge is 0.396 e. The van der Waals surface area contributed by atoms with E-state index in [9.17, 15) is 9.59 Å². The van der Waals surface area contributed by atoms with E-state index in [0.29, 0.717) is 24.0 Å². The van der Waals surface area contributed by atoms with E-state index in [4.69, 9.17) is 5.11 Å². The number of ketones is 1. The topological polar surface area (TPSA) is 54.4 Å². The Morgan fingerprint density at radius 1 is 1.28 bits per heavy atom. The minimum atomic E-state index is 0.235. The predicted molar refractivity (Wildman–Crippen MR) is 71.2 cm³/mol. The van der Waals surface area contributed by atoms with Gasteiger partial charge in [0.15, 0.2) is 0 Å². The second-order valence-corrected chi connectivity index (χ2v) is 5.59. The van der Waals surface area contributed by atoms with Gasteiger partial charge in [-0.3, -0.25) is 4.79 Å². The molecule has 3 nitrogen and oxygen atoms in total. The molecule has 0 aromatic heterocycles. The van der Waals surface area contributed by atoms with Crippen molar-refractivity contribution >= 4 is 12.1 Å². The number of carbonyl (C=O) groups excluding carboxylic acids is 2. The first-order chi connectivity index (χ1) is 8.69. The normalized spacial score (nSPS) is 25.7. The summed E-state index contributed by atoms with van der Waals surface area (Å²) in [4.78, 5) is 21.7. The molecule has 18 heavy (non-hydrogen) atoms. The molecule has 104 valence electrons. The fourth-order valence-corrected chi connectivity index (χ4v) is 3.24. The van der Waals surface area contributed by atoms with Crippen molar-refractivity contribution in [1.82, 2.24) is 0 Å². The van der Waals surface area contributed by atoms with Gasteiger partial charge < -0.3 is 9.90 Å². The molecule has 1 saturated carbocycles. The smallest absolute Gasteiger partial charge is 0.132 e. The molecule has 0 aromatic rings. The van der Waals surface area contributed by atoms with Crippen molar-refractivity contribution in [2.75, 3.05) is 6.61 Å². The summed E-state index contributed by atoms with van der Waals surface area (Å²) in [6.07, 6.45) is 8.65. The van der Waals surface area contributed by atoms with Crippen LogP contribution in [0.4, 0.5) is 0 Å². The maximum Gasteiger partial charge on any atom is 0.132 e. The Morgan fingerprint density at radius 3 is 2.44 bits per heavy atom. The van der Waals surface area contributed by atoms with Crippen LogP contribution < -0.4 is 0 Å². The molecule has 1 N–H and O–H groups in total. The molecule has 3 heteroatoms. The number of aliphatic hydroxyl groups is 1. The minimum absolute atomic E-state index is 0.235. The van der Waals surface area contributed by atoms with E-state index in [-0.39, 0.29) is 12.5 Å². The van der Waals surface area contributed by atoms with Gasteiger partial charge in [-0.25, -0.2) is 0 Å². The van der Waals surface area contributed by atoms with E-state index in [1.54, 1.807) is 6.92 Å². The van der Waals surface area contributed by atoms with Crippen LogP contribution in [0.2, 0.25) is 0 Å². The molecule has 0 aromatic carbocycles. The molecule has 0 radical (unpaired) electrons. The van der Waals surface area contributed by atoms with Gasteiger partial charge in [-0.05, 0) is 63.7 Å². The summed E-state index contributed by atoms with van der Waals surface area (Å²) in [6, 6.07) is 0. The zero-order valence-corrected chi connectivity index (χ0v) is 11.4. The number of aliphatic hydroxyl groups excluding tert-OH is 1. The summed E-state index contributed by atoms with van der Waals surface area (Å²) in [6.45, 7) is 1.93. The third kappa shape index (κ3) is 4.89. The van der Waals surface area contributed by atoms with E-state index in [1.165, 1.54) is 0 Å². The highest BCUT2D eigenvalue weighted by Gasteiger charge is 2.28. The summed E-state index contributed by atoms with van der Waals surface area (Å²) in [7, 11) is 0. The molecule has 0 heterocycles. The highest BCUT2D eigenvalue weighted by molar-refractivity contribution is 5.78. The number of hydrogen-bond donors (Lipinski definition) is 1. The van der Waals surface area contributed by atoms with Crippen molar-refractivity contribution in [3.05, 3.63) is 0 Å². The SMILES string of the molecule is CC(=O)C1CCC(C(CCO)CCCC=O)CC1. The molecule has 0 amide bonds. The Morgan fingerprint density at radius 2 is 1.94 bits per heavy atom. The molecule has 0 spiro atoms. The molecular weight excluding hydrogens is 228 g/mol. The van der Waals surface area contributed by atoms with Crippen LogP contribution in [0.1, 0.15) is 58.3 Å². The van der Waals surface area contributed by atoms with E-state index in [2.05, 4.69) is 0 Å². The van der Waals surface area contributed by atoms with Gasteiger partial charge in [0.1, 0.15) is 12.1 Å². The third-order valence-corrected chi connectivity index (χ3v) is 4.41. The lowest BCUT2D eigenvalue weighted by Crippen LogP contribution is -2.25. The average Bonchev–Trinajstić information content (AvgIpc) is 2.38. The molecule has 1 fully saturated rings. The van der Waals surface area contributed by atoms with Crippen molar-refractivity contribution in [2.45, 2.75) is 58.3 Å². The maximum atomic E-state index is 11.3. The van der Waals surface area contributed by atoms with Crippen LogP contribution >= 0.6 is 0 Å². The molecule has 1 rings (SSSR count). The van der Waals surface area contributed by atoms with Crippen LogP contribution in [0.15, 0.2) is 0 Å². The number of unbranched alkanes of at least 4 members (excludes halogenated alkanes) is 1. The molecule has 0 saturated heterocycles. The summed E-state index contributed by atoms with van der Waals surface area (Å²) < 4.78 is 0. The summed E-state index contributed by atoms with van der Waals surface area (Å²) in [5.41, 5.74) is 0. The van der Waals surface area contributed by atoms with E-state index in [0.717, 1.165) is 51.2 Å². The van der Waals surface area contributed by atoms with Crippen LogP contribution in [0.3, 0.4) is 0 Å². The van der Waals surface area contributed by atoms with Gasteiger partial charge >= 0.3 is 0 Å². The molecule has 1 atom stereocenters.